The molecule has 0 unspecified atom stereocenters. The van der Waals surface area contributed by atoms with Gasteiger partial charge >= 0.3 is 0 Å². The van der Waals surface area contributed by atoms with Crippen molar-refractivity contribution in [1.82, 2.24) is 10.2 Å². The van der Waals surface area contributed by atoms with Crippen LogP contribution in [0.5, 0.6) is 0 Å². The number of carbonyl (C=O) groups excluding carboxylic acids is 2. The van der Waals surface area contributed by atoms with E-state index in [1.54, 1.807) is 61.5 Å². The second-order valence-electron chi connectivity index (χ2n) is 9.33. The summed E-state index contributed by atoms with van der Waals surface area (Å²) < 4.78 is 28.6. The maximum Gasteiger partial charge on any atom is 0.264 e. The van der Waals surface area contributed by atoms with Crippen molar-refractivity contribution in [2.75, 3.05) is 10.8 Å². The fourth-order valence-corrected chi connectivity index (χ4v) is 5.48. The predicted octanol–water partition coefficient (Wildman–Crippen LogP) is 5.04. The van der Waals surface area contributed by atoms with Crippen molar-refractivity contribution in [3.8, 4) is 0 Å². The van der Waals surface area contributed by atoms with Crippen LogP contribution in [0.2, 0.25) is 5.02 Å². The number of hydrogen-bond acceptors (Lipinski definition) is 4. The normalized spacial score (nSPS) is 12.2. The Morgan fingerprint density at radius 1 is 0.868 bits per heavy atom. The zero-order valence-corrected chi connectivity index (χ0v) is 23.7. The minimum Gasteiger partial charge on any atom is -0.352 e. The standard InChI is InChI=1S/C29H34ClN3O4S/c1-5-23-13-17-26(18-14-23)33(38(36,37)27-9-7-6-8-10-27)20-28(34)32(22(4)29(35)31-21(2)3)19-24-11-15-25(30)16-12-24/h6-18,21-22H,5,19-20H2,1-4H3,(H,31,35)/t22-/m1/s1. The van der Waals surface area contributed by atoms with Crippen molar-refractivity contribution in [1.29, 1.82) is 0 Å². The first kappa shape index (κ1) is 29.2. The first-order chi connectivity index (χ1) is 18.0. The second-order valence-corrected chi connectivity index (χ2v) is 11.6. The Hall–Kier alpha value is -3.36. The van der Waals surface area contributed by atoms with Gasteiger partial charge in [0.2, 0.25) is 11.8 Å². The molecule has 202 valence electrons. The van der Waals surface area contributed by atoms with Crippen LogP contribution in [-0.2, 0) is 32.6 Å². The number of aryl methyl sites for hydroxylation is 1. The molecule has 0 bridgehead atoms. The number of halogens is 1. The molecule has 7 nitrogen and oxygen atoms in total. The van der Waals surface area contributed by atoms with Gasteiger partial charge in [-0.2, -0.15) is 0 Å². The molecule has 2 amide bonds. The van der Waals surface area contributed by atoms with Crippen molar-refractivity contribution < 1.29 is 18.0 Å². The van der Waals surface area contributed by atoms with E-state index in [-0.39, 0.29) is 23.4 Å². The number of sulfonamides is 1. The van der Waals surface area contributed by atoms with Crippen LogP contribution in [0.15, 0.2) is 83.8 Å². The molecule has 0 aliphatic carbocycles. The van der Waals surface area contributed by atoms with E-state index >= 15 is 0 Å². The van der Waals surface area contributed by atoms with Gasteiger partial charge in [-0.25, -0.2) is 8.42 Å². The smallest absolute Gasteiger partial charge is 0.264 e. The molecule has 38 heavy (non-hydrogen) atoms. The molecule has 0 heterocycles. The van der Waals surface area contributed by atoms with E-state index in [9.17, 15) is 18.0 Å². The van der Waals surface area contributed by atoms with Crippen LogP contribution in [0.3, 0.4) is 0 Å². The van der Waals surface area contributed by atoms with Gasteiger partial charge in [-0.05, 0) is 74.7 Å². The van der Waals surface area contributed by atoms with Gasteiger partial charge in [0.25, 0.3) is 10.0 Å². The minimum absolute atomic E-state index is 0.0715. The van der Waals surface area contributed by atoms with Crippen molar-refractivity contribution in [3.05, 3.63) is 95.0 Å². The molecule has 3 rings (SSSR count). The molecule has 1 N–H and O–H groups in total. The van der Waals surface area contributed by atoms with Crippen LogP contribution in [0.4, 0.5) is 5.69 Å². The molecule has 0 saturated heterocycles. The molecular weight excluding hydrogens is 522 g/mol. The lowest BCUT2D eigenvalue weighted by Gasteiger charge is -2.32. The highest BCUT2D eigenvalue weighted by Gasteiger charge is 2.32. The number of hydrogen-bond donors (Lipinski definition) is 1. The number of nitrogens with one attached hydrogen (secondary N) is 1. The molecule has 0 spiro atoms. The van der Waals surface area contributed by atoms with Crippen LogP contribution >= 0.6 is 11.6 Å². The lowest BCUT2D eigenvalue weighted by atomic mass is 10.1. The third-order valence-corrected chi connectivity index (χ3v) is 8.15. The van der Waals surface area contributed by atoms with Gasteiger partial charge in [0, 0.05) is 17.6 Å². The summed E-state index contributed by atoms with van der Waals surface area (Å²) in [5, 5.41) is 3.39. The Bertz CT molecular complexity index is 1330. The number of benzene rings is 3. The summed E-state index contributed by atoms with van der Waals surface area (Å²) >= 11 is 6.03. The largest absolute Gasteiger partial charge is 0.352 e. The van der Waals surface area contributed by atoms with E-state index in [2.05, 4.69) is 5.32 Å². The molecular formula is C29H34ClN3O4S. The van der Waals surface area contributed by atoms with E-state index in [0.717, 1.165) is 21.9 Å². The van der Waals surface area contributed by atoms with Crippen molar-refractivity contribution in [2.45, 2.75) is 57.6 Å². The fraction of sp³-hybridized carbons (Fsp3) is 0.310. The van der Waals surface area contributed by atoms with Crippen LogP contribution in [0.1, 0.15) is 38.8 Å². The minimum atomic E-state index is -4.08. The summed E-state index contributed by atoms with van der Waals surface area (Å²) in [7, 11) is -4.08. The highest BCUT2D eigenvalue weighted by Crippen LogP contribution is 2.25. The SMILES string of the molecule is CCc1ccc(N(CC(=O)N(Cc2ccc(Cl)cc2)[C@H](C)C(=O)NC(C)C)S(=O)(=O)c2ccccc2)cc1. The Morgan fingerprint density at radius 2 is 1.45 bits per heavy atom. The lowest BCUT2D eigenvalue weighted by Crippen LogP contribution is -2.52. The number of rotatable bonds is 11. The quantitative estimate of drug-likeness (QED) is 0.359. The van der Waals surface area contributed by atoms with Gasteiger partial charge < -0.3 is 10.2 Å². The number of anilines is 1. The van der Waals surface area contributed by atoms with Crippen molar-refractivity contribution >= 4 is 39.1 Å². The molecule has 0 radical (unpaired) electrons. The van der Waals surface area contributed by atoms with Gasteiger partial charge in [-0.3, -0.25) is 13.9 Å². The average Bonchev–Trinajstić information content (AvgIpc) is 2.91. The van der Waals surface area contributed by atoms with E-state index in [0.29, 0.717) is 10.7 Å². The Labute approximate surface area is 230 Å². The van der Waals surface area contributed by atoms with Gasteiger partial charge in [0.1, 0.15) is 12.6 Å². The Morgan fingerprint density at radius 3 is 2.00 bits per heavy atom. The topological polar surface area (TPSA) is 86.8 Å². The highest BCUT2D eigenvalue weighted by atomic mass is 35.5. The third kappa shape index (κ3) is 7.36. The van der Waals surface area contributed by atoms with E-state index < -0.39 is 28.5 Å². The molecule has 0 saturated carbocycles. The van der Waals surface area contributed by atoms with Crippen molar-refractivity contribution in [2.24, 2.45) is 0 Å². The fourth-order valence-electron chi connectivity index (χ4n) is 3.92. The molecule has 9 heteroatoms. The first-order valence-electron chi connectivity index (χ1n) is 12.5. The molecule has 0 aromatic heterocycles. The number of amides is 2. The summed E-state index contributed by atoms with van der Waals surface area (Å²) in [5.41, 5.74) is 2.17. The molecule has 0 fully saturated rings. The Kier molecular flexibility index (Phi) is 9.94. The lowest BCUT2D eigenvalue weighted by molar-refractivity contribution is -0.139. The molecule has 3 aromatic carbocycles. The van der Waals surface area contributed by atoms with Gasteiger partial charge in [-0.1, -0.05) is 61.0 Å². The van der Waals surface area contributed by atoms with Gasteiger partial charge in [0.05, 0.1) is 10.6 Å². The van der Waals surface area contributed by atoms with Gasteiger partial charge in [-0.15, -0.1) is 0 Å². The summed E-state index contributed by atoms with van der Waals surface area (Å²) in [6.07, 6.45) is 0.794. The maximum atomic E-state index is 13.8. The molecule has 0 aliphatic heterocycles. The third-order valence-electron chi connectivity index (χ3n) is 6.11. The summed E-state index contributed by atoms with van der Waals surface area (Å²) in [5.74, 6) is -0.836. The Balaban J connectivity index is 2.01. The van der Waals surface area contributed by atoms with Crippen LogP contribution in [0, 0.1) is 0 Å². The zero-order valence-electron chi connectivity index (χ0n) is 22.1. The van der Waals surface area contributed by atoms with E-state index in [1.807, 2.05) is 32.9 Å². The van der Waals surface area contributed by atoms with Crippen LogP contribution < -0.4 is 9.62 Å². The molecule has 0 aliphatic rings. The number of carbonyl (C=O) groups is 2. The predicted molar refractivity (Wildman–Crippen MR) is 152 cm³/mol. The summed E-state index contributed by atoms with van der Waals surface area (Å²) in [4.78, 5) is 28.2. The van der Waals surface area contributed by atoms with E-state index in [4.69, 9.17) is 11.6 Å². The average molecular weight is 556 g/mol. The maximum absolute atomic E-state index is 13.8. The van der Waals surface area contributed by atoms with Gasteiger partial charge in [0.15, 0.2) is 0 Å². The molecule has 3 aromatic rings. The number of nitrogens with zero attached hydrogens (tertiary/aromatic N) is 2. The highest BCUT2D eigenvalue weighted by molar-refractivity contribution is 7.92. The summed E-state index contributed by atoms with van der Waals surface area (Å²) in [6.45, 7) is 6.95. The first-order valence-corrected chi connectivity index (χ1v) is 14.4. The second kappa shape index (κ2) is 12.9. The summed E-state index contributed by atoms with van der Waals surface area (Å²) in [6, 6.07) is 21.1. The molecule has 1 atom stereocenters. The van der Waals surface area contributed by atoms with Crippen LogP contribution in [0.25, 0.3) is 0 Å². The van der Waals surface area contributed by atoms with Crippen LogP contribution in [-0.4, -0.2) is 43.8 Å². The van der Waals surface area contributed by atoms with Crippen molar-refractivity contribution in [3.63, 3.8) is 0 Å². The monoisotopic (exact) mass is 555 g/mol. The zero-order chi connectivity index (χ0) is 27.9. The van der Waals surface area contributed by atoms with E-state index in [1.165, 1.54) is 17.0 Å².